The van der Waals surface area contributed by atoms with E-state index in [1.165, 1.54) is 48.4 Å². The number of aryl methyl sites for hydroxylation is 1. The first-order chi connectivity index (χ1) is 15.9. The molecule has 1 aliphatic heterocycles. The molecule has 1 aliphatic carbocycles. The van der Waals surface area contributed by atoms with Crippen LogP contribution in [0.3, 0.4) is 0 Å². The van der Waals surface area contributed by atoms with Crippen molar-refractivity contribution in [2.75, 3.05) is 5.32 Å². The third-order valence-electron chi connectivity index (χ3n) is 6.83. The molecule has 2 aromatic carbocycles. The topological polar surface area (TPSA) is 64.0 Å². The highest BCUT2D eigenvalue weighted by atomic mass is 19.1. The molecule has 1 saturated carbocycles. The summed E-state index contributed by atoms with van der Waals surface area (Å²) in [6.07, 6.45) is 6.12. The van der Waals surface area contributed by atoms with E-state index in [4.69, 9.17) is 0 Å². The predicted molar refractivity (Wildman–Crippen MR) is 121 cm³/mol. The number of hydrogen-bond donors (Lipinski definition) is 1. The Kier molecular flexibility index (Phi) is 5.56. The quantitative estimate of drug-likeness (QED) is 0.511. The number of benzene rings is 2. The highest BCUT2D eigenvalue weighted by Crippen LogP contribution is 2.39. The van der Waals surface area contributed by atoms with Crippen molar-refractivity contribution in [2.45, 2.75) is 57.3 Å². The maximum atomic E-state index is 14.4. The molecule has 33 heavy (non-hydrogen) atoms. The third kappa shape index (κ3) is 3.96. The lowest BCUT2D eigenvalue weighted by Gasteiger charge is -2.24. The van der Waals surface area contributed by atoms with Gasteiger partial charge in [0, 0.05) is 23.6 Å². The number of nitrogens with zero attached hydrogens (tertiary/aromatic N) is 2. The Labute approximate surface area is 190 Å². The van der Waals surface area contributed by atoms with Crippen LogP contribution in [0.25, 0.3) is 5.69 Å². The summed E-state index contributed by atoms with van der Waals surface area (Å²) in [7, 11) is 0. The Morgan fingerprint density at radius 3 is 2.48 bits per heavy atom. The number of ketones is 1. The summed E-state index contributed by atoms with van der Waals surface area (Å²) in [5.74, 6) is -1.94. The third-order valence-corrected chi connectivity index (χ3v) is 6.83. The second kappa shape index (κ2) is 8.54. The number of aromatic nitrogens is 2. The van der Waals surface area contributed by atoms with Crippen LogP contribution in [0, 0.1) is 18.6 Å². The van der Waals surface area contributed by atoms with Crippen molar-refractivity contribution >= 4 is 17.5 Å². The normalized spacial score (nSPS) is 18.6. The van der Waals surface area contributed by atoms with Crippen molar-refractivity contribution in [3.63, 3.8) is 0 Å². The number of amides is 1. The van der Waals surface area contributed by atoms with Crippen molar-refractivity contribution in [3.05, 3.63) is 76.5 Å². The SMILES string of the molecule is Cc1nn(-c2ccc(F)cc2F)c2c1[C@H](C(=O)c1ccc(C3CCCCC3)cc1)CC(=O)N2. The zero-order chi connectivity index (χ0) is 23.1. The number of anilines is 1. The Bertz CT molecular complexity index is 1230. The summed E-state index contributed by atoms with van der Waals surface area (Å²) in [5.41, 5.74) is 2.89. The van der Waals surface area contributed by atoms with Gasteiger partial charge in [0.1, 0.15) is 17.3 Å². The van der Waals surface area contributed by atoms with E-state index in [2.05, 4.69) is 10.4 Å². The van der Waals surface area contributed by atoms with E-state index in [9.17, 15) is 18.4 Å². The van der Waals surface area contributed by atoms with Crippen LogP contribution in [0.2, 0.25) is 0 Å². The van der Waals surface area contributed by atoms with Gasteiger partial charge in [-0.05, 0) is 43.4 Å². The molecule has 1 atom stereocenters. The van der Waals surface area contributed by atoms with Crippen LogP contribution in [0.5, 0.6) is 0 Å². The van der Waals surface area contributed by atoms with Gasteiger partial charge in [-0.3, -0.25) is 9.59 Å². The highest BCUT2D eigenvalue weighted by molar-refractivity contribution is 6.08. The zero-order valence-electron chi connectivity index (χ0n) is 18.4. The van der Waals surface area contributed by atoms with Gasteiger partial charge in [-0.25, -0.2) is 13.5 Å². The van der Waals surface area contributed by atoms with Gasteiger partial charge in [0.2, 0.25) is 5.91 Å². The predicted octanol–water partition coefficient (Wildman–Crippen LogP) is 5.82. The standard InChI is InChI=1S/C26H25F2N3O2/c1-15-24-20(25(33)18-9-7-17(8-10-18)16-5-3-2-4-6-16)14-23(32)29-26(24)31(30-15)22-12-11-19(27)13-21(22)28/h7-13,16,20H,2-6,14H2,1H3,(H,29,32)/t20-/m1/s1. The second-order valence-electron chi connectivity index (χ2n) is 8.98. The molecule has 2 aliphatic rings. The fourth-order valence-electron chi connectivity index (χ4n) is 5.16. The van der Waals surface area contributed by atoms with Crippen molar-refractivity contribution in [2.24, 2.45) is 0 Å². The lowest BCUT2D eigenvalue weighted by molar-refractivity contribution is -0.116. The maximum absolute atomic E-state index is 14.4. The first-order valence-corrected chi connectivity index (χ1v) is 11.4. The minimum absolute atomic E-state index is 0.00531. The Morgan fingerprint density at radius 1 is 1.06 bits per heavy atom. The maximum Gasteiger partial charge on any atom is 0.226 e. The molecular weight excluding hydrogens is 424 g/mol. The molecule has 3 aromatic rings. The van der Waals surface area contributed by atoms with Crippen LogP contribution in [-0.2, 0) is 4.79 Å². The van der Waals surface area contributed by atoms with Gasteiger partial charge in [0.25, 0.3) is 0 Å². The smallest absolute Gasteiger partial charge is 0.226 e. The molecule has 1 amide bonds. The molecule has 0 radical (unpaired) electrons. The van der Waals surface area contributed by atoms with Gasteiger partial charge in [0.15, 0.2) is 11.6 Å². The number of halogens is 2. The number of hydrogen-bond acceptors (Lipinski definition) is 3. The fraction of sp³-hybridized carbons (Fsp3) is 0.346. The van der Waals surface area contributed by atoms with E-state index in [1.54, 1.807) is 6.92 Å². The molecular formula is C26H25F2N3O2. The van der Waals surface area contributed by atoms with Gasteiger partial charge < -0.3 is 5.32 Å². The lowest BCUT2D eigenvalue weighted by Crippen LogP contribution is -2.28. The van der Waals surface area contributed by atoms with Crippen molar-refractivity contribution in [1.82, 2.24) is 9.78 Å². The first kappa shape index (κ1) is 21.5. The molecule has 5 rings (SSSR count). The van der Waals surface area contributed by atoms with Crippen molar-refractivity contribution in [3.8, 4) is 5.69 Å². The summed E-state index contributed by atoms with van der Waals surface area (Å²) in [5, 5.41) is 7.10. The van der Waals surface area contributed by atoms with Crippen molar-refractivity contribution < 1.29 is 18.4 Å². The van der Waals surface area contributed by atoms with Crippen LogP contribution in [0.1, 0.15) is 77.5 Å². The molecule has 1 aromatic heterocycles. The van der Waals surface area contributed by atoms with E-state index in [-0.39, 0.29) is 29.6 Å². The average molecular weight is 450 g/mol. The molecule has 0 bridgehead atoms. The van der Waals surface area contributed by atoms with Gasteiger partial charge >= 0.3 is 0 Å². The molecule has 0 spiro atoms. The van der Waals surface area contributed by atoms with Crippen LogP contribution in [0.15, 0.2) is 42.5 Å². The van der Waals surface area contributed by atoms with E-state index >= 15 is 0 Å². The lowest BCUT2D eigenvalue weighted by atomic mass is 9.82. The molecule has 1 fully saturated rings. The first-order valence-electron chi connectivity index (χ1n) is 11.4. The molecule has 0 saturated heterocycles. The van der Waals surface area contributed by atoms with E-state index < -0.39 is 17.6 Å². The van der Waals surface area contributed by atoms with Crippen LogP contribution in [0.4, 0.5) is 14.6 Å². The summed E-state index contributed by atoms with van der Waals surface area (Å²) >= 11 is 0. The summed E-state index contributed by atoms with van der Waals surface area (Å²) in [6.45, 7) is 1.72. The second-order valence-corrected chi connectivity index (χ2v) is 8.98. The number of rotatable bonds is 4. The van der Waals surface area contributed by atoms with Crippen LogP contribution in [-0.4, -0.2) is 21.5 Å². The number of Topliss-reactive ketones (excluding diaryl/α,β-unsaturated/α-hetero) is 1. The van der Waals surface area contributed by atoms with Gasteiger partial charge in [0.05, 0.1) is 11.6 Å². The minimum atomic E-state index is -0.804. The molecule has 7 heteroatoms. The number of carbonyl (C=O) groups is 2. The van der Waals surface area contributed by atoms with Crippen molar-refractivity contribution in [1.29, 1.82) is 0 Å². The molecule has 5 nitrogen and oxygen atoms in total. The number of carbonyl (C=O) groups excluding carboxylic acids is 2. The van der Waals surface area contributed by atoms with Gasteiger partial charge in [-0.15, -0.1) is 0 Å². The largest absolute Gasteiger partial charge is 0.310 e. The summed E-state index contributed by atoms with van der Waals surface area (Å²) in [4.78, 5) is 26.0. The Hall–Kier alpha value is -3.35. The van der Waals surface area contributed by atoms with E-state index in [0.29, 0.717) is 22.7 Å². The van der Waals surface area contributed by atoms with Crippen LogP contribution >= 0.6 is 0 Å². The summed E-state index contributed by atoms with van der Waals surface area (Å²) < 4.78 is 29.1. The van der Waals surface area contributed by atoms with E-state index in [0.717, 1.165) is 12.1 Å². The number of fused-ring (bicyclic) bond motifs is 1. The average Bonchev–Trinajstić information content (AvgIpc) is 3.14. The molecule has 170 valence electrons. The Balaban J connectivity index is 1.49. The van der Waals surface area contributed by atoms with E-state index in [1.807, 2.05) is 24.3 Å². The highest BCUT2D eigenvalue weighted by Gasteiger charge is 2.36. The molecule has 1 N–H and O–H groups in total. The minimum Gasteiger partial charge on any atom is -0.310 e. The van der Waals surface area contributed by atoms with Gasteiger partial charge in [-0.1, -0.05) is 43.5 Å². The monoisotopic (exact) mass is 449 g/mol. The fourth-order valence-corrected chi connectivity index (χ4v) is 5.16. The Morgan fingerprint density at radius 2 is 1.79 bits per heavy atom. The summed E-state index contributed by atoms with van der Waals surface area (Å²) in [6, 6.07) is 10.9. The molecule has 2 heterocycles. The zero-order valence-corrected chi connectivity index (χ0v) is 18.4. The molecule has 0 unspecified atom stereocenters. The number of nitrogens with one attached hydrogen (secondary N) is 1. The van der Waals surface area contributed by atoms with Gasteiger partial charge in [-0.2, -0.15) is 5.10 Å². The van der Waals surface area contributed by atoms with Crippen LogP contribution < -0.4 is 5.32 Å².